The molecule has 7 heteroatoms. The smallest absolute Gasteiger partial charge is 0.412 e. The molecule has 2 aromatic carbocycles. The number of thioether (sulfide) groups is 1. The SMILES string of the molecule is CSc1ccc(NC(=O)O[C@@H](CCCO)c2cccc(OCCO)c2)cc1. The third kappa shape index (κ3) is 7.13. The summed E-state index contributed by atoms with van der Waals surface area (Å²) in [7, 11) is 0. The van der Waals surface area contributed by atoms with Gasteiger partial charge in [0.15, 0.2) is 0 Å². The van der Waals surface area contributed by atoms with Gasteiger partial charge in [-0.15, -0.1) is 11.8 Å². The van der Waals surface area contributed by atoms with Gasteiger partial charge in [0.25, 0.3) is 0 Å². The van der Waals surface area contributed by atoms with Gasteiger partial charge in [0.05, 0.1) is 6.61 Å². The molecule has 0 bridgehead atoms. The second-order valence-electron chi connectivity index (χ2n) is 5.76. The maximum atomic E-state index is 12.3. The van der Waals surface area contributed by atoms with Gasteiger partial charge < -0.3 is 19.7 Å². The van der Waals surface area contributed by atoms with Gasteiger partial charge in [-0.25, -0.2) is 4.79 Å². The molecule has 3 N–H and O–H groups in total. The average molecular weight is 391 g/mol. The summed E-state index contributed by atoms with van der Waals surface area (Å²) in [4.78, 5) is 13.4. The number of anilines is 1. The third-order valence-corrected chi connectivity index (χ3v) is 4.54. The van der Waals surface area contributed by atoms with E-state index < -0.39 is 12.2 Å². The van der Waals surface area contributed by atoms with Crippen molar-refractivity contribution in [3.63, 3.8) is 0 Å². The van der Waals surface area contributed by atoms with Gasteiger partial charge in [-0.3, -0.25) is 5.32 Å². The second kappa shape index (κ2) is 11.5. The van der Waals surface area contributed by atoms with E-state index in [4.69, 9.17) is 19.7 Å². The van der Waals surface area contributed by atoms with Crippen LogP contribution in [0.4, 0.5) is 10.5 Å². The van der Waals surface area contributed by atoms with E-state index in [-0.39, 0.29) is 19.8 Å². The molecule has 27 heavy (non-hydrogen) atoms. The van der Waals surface area contributed by atoms with Crippen molar-refractivity contribution in [2.45, 2.75) is 23.8 Å². The summed E-state index contributed by atoms with van der Waals surface area (Å²) in [5.41, 5.74) is 1.42. The molecule has 0 spiro atoms. The summed E-state index contributed by atoms with van der Waals surface area (Å²) in [5, 5.41) is 20.7. The zero-order chi connectivity index (χ0) is 19.5. The van der Waals surface area contributed by atoms with Crippen LogP contribution in [0.5, 0.6) is 5.75 Å². The lowest BCUT2D eigenvalue weighted by molar-refractivity contribution is 0.0992. The van der Waals surface area contributed by atoms with E-state index in [0.717, 1.165) is 10.5 Å². The summed E-state index contributed by atoms with van der Waals surface area (Å²) in [6, 6.07) is 14.7. The highest BCUT2D eigenvalue weighted by Crippen LogP contribution is 2.27. The van der Waals surface area contributed by atoms with Gasteiger partial charge in [0.1, 0.15) is 18.5 Å². The molecule has 1 amide bonds. The summed E-state index contributed by atoms with van der Waals surface area (Å²) in [6.07, 6.45) is 1.90. The van der Waals surface area contributed by atoms with Gasteiger partial charge in [0, 0.05) is 17.2 Å². The third-order valence-electron chi connectivity index (χ3n) is 3.80. The van der Waals surface area contributed by atoms with Gasteiger partial charge >= 0.3 is 6.09 Å². The Morgan fingerprint density at radius 2 is 1.93 bits per heavy atom. The number of hydrogen-bond acceptors (Lipinski definition) is 6. The van der Waals surface area contributed by atoms with Crippen LogP contribution in [0.25, 0.3) is 0 Å². The number of aliphatic hydroxyl groups excluding tert-OH is 2. The van der Waals surface area contributed by atoms with Gasteiger partial charge in [-0.05, 0) is 61.1 Å². The van der Waals surface area contributed by atoms with Crippen molar-refractivity contribution < 1.29 is 24.5 Å². The van der Waals surface area contributed by atoms with E-state index in [0.29, 0.717) is 24.3 Å². The lowest BCUT2D eigenvalue weighted by Gasteiger charge is -2.19. The Bertz CT molecular complexity index is 708. The summed E-state index contributed by atoms with van der Waals surface area (Å²) in [6.45, 7) is 0.128. The van der Waals surface area contributed by atoms with E-state index in [9.17, 15) is 4.79 Å². The van der Waals surface area contributed by atoms with E-state index >= 15 is 0 Å². The Kier molecular flexibility index (Phi) is 8.97. The van der Waals surface area contributed by atoms with Crippen LogP contribution in [0.2, 0.25) is 0 Å². The van der Waals surface area contributed by atoms with Crippen molar-refractivity contribution in [1.29, 1.82) is 0 Å². The Morgan fingerprint density at radius 1 is 1.15 bits per heavy atom. The number of carbonyl (C=O) groups excluding carboxylic acids is 1. The normalized spacial score (nSPS) is 11.7. The monoisotopic (exact) mass is 391 g/mol. The predicted octanol–water partition coefficient (Wildman–Crippen LogP) is 3.84. The van der Waals surface area contributed by atoms with Crippen molar-refractivity contribution in [2.75, 3.05) is 31.4 Å². The fraction of sp³-hybridized carbons (Fsp3) is 0.350. The maximum absolute atomic E-state index is 12.3. The molecule has 0 saturated carbocycles. The Morgan fingerprint density at radius 3 is 2.59 bits per heavy atom. The molecule has 0 aliphatic heterocycles. The molecule has 0 aliphatic rings. The van der Waals surface area contributed by atoms with Crippen molar-refractivity contribution in [3.05, 3.63) is 54.1 Å². The van der Waals surface area contributed by atoms with E-state index in [1.807, 2.05) is 36.6 Å². The summed E-state index contributed by atoms with van der Waals surface area (Å²) >= 11 is 1.63. The molecular formula is C20H25NO5S. The van der Waals surface area contributed by atoms with Crippen LogP contribution in [0.1, 0.15) is 24.5 Å². The molecule has 0 heterocycles. The largest absolute Gasteiger partial charge is 0.491 e. The first-order valence-corrected chi connectivity index (χ1v) is 9.95. The zero-order valence-electron chi connectivity index (χ0n) is 15.3. The van der Waals surface area contributed by atoms with Crippen molar-refractivity contribution >= 4 is 23.5 Å². The average Bonchev–Trinajstić information content (AvgIpc) is 2.70. The first-order chi connectivity index (χ1) is 13.2. The standard InChI is InChI=1S/C20H25NO5S/c1-27-18-9-7-16(8-10-18)21-20(24)26-19(6-3-11-22)15-4-2-5-17(14-15)25-13-12-23/h2,4-5,7-10,14,19,22-23H,3,6,11-13H2,1H3,(H,21,24)/t19-/m0/s1. The first-order valence-electron chi connectivity index (χ1n) is 8.72. The quantitative estimate of drug-likeness (QED) is 0.533. The van der Waals surface area contributed by atoms with Crippen molar-refractivity contribution in [2.24, 2.45) is 0 Å². The van der Waals surface area contributed by atoms with Crippen LogP contribution in [-0.4, -0.2) is 42.4 Å². The molecular weight excluding hydrogens is 366 g/mol. The molecule has 0 aromatic heterocycles. The van der Waals surface area contributed by atoms with Crippen LogP contribution in [-0.2, 0) is 4.74 Å². The van der Waals surface area contributed by atoms with Gasteiger partial charge in [-0.2, -0.15) is 0 Å². The van der Waals surface area contributed by atoms with Crippen LogP contribution in [0.15, 0.2) is 53.4 Å². The minimum Gasteiger partial charge on any atom is -0.491 e. The highest BCUT2D eigenvalue weighted by Gasteiger charge is 2.17. The molecule has 0 radical (unpaired) electrons. The zero-order valence-corrected chi connectivity index (χ0v) is 16.1. The molecule has 0 saturated heterocycles. The van der Waals surface area contributed by atoms with Crippen LogP contribution in [0, 0.1) is 0 Å². The van der Waals surface area contributed by atoms with E-state index in [1.54, 1.807) is 30.0 Å². The molecule has 0 aliphatic carbocycles. The fourth-order valence-electron chi connectivity index (χ4n) is 2.49. The number of rotatable bonds is 10. The number of hydrogen-bond donors (Lipinski definition) is 3. The first kappa shape index (κ1) is 21.1. The summed E-state index contributed by atoms with van der Waals surface area (Å²) < 4.78 is 11.0. The number of nitrogens with one attached hydrogen (secondary N) is 1. The lowest BCUT2D eigenvalue weighted by Crippen LogP contribution is -2.18. The van der Waals surface area contributed by atoms with Crippen molar-refractivity contribution in [1.82, 2.24) is 0 Å². The lowest BCUT2D eigenvalue weighted by atomic mass is 10.0. The van der Waals surface area contributed by atoms with Gasteiger partial charge in [-0.1, -0.05) is 12.1 Å². The molecule has 6 nitrogen and oxygen atoms in total. The van der Waals surface area contributed by atoms with Crippen LogP contribution >= 0.6 is 11.8 Å². The number of benzene rings is 2. The van der Waals surface area contributed by atoms with Crippen LogP contribution < -0.4 is 10.1 Å². The summed E-state index contributed by atoms with van der Waals surface area (Å²) in [5.74, 6) is 0.590. The Hall–Kier alpha value is -2.22. The molecule has 2 rings (SSSR count). The molecule has 0 fully saturated rings. The highest BCUT2D eigenvalue weighted by molar-refractivity contribution is 7.98. The molecule has 2 aromatic rings. The number of amides is 1. The van der Waals surface area contributed by atoms with E-state index in [2.05, 4.69) is 5.32 Å². The van der Waals surface area contributed by atoms with Gasteiger partial charge in [0.2, 0.25) is 0 Å². The molecule has 146 valence electrons. The highest BCUT2D eigenvalue weighted by atomic mass is 32.2. The molecule has 1 atom stereocenters. The minimum atomic E-state index is -0.559. The van der Waals surface area contributed by atoms with Crippen molar-refractivity contribution in [3.8, 4) is 5.75 Å². The second-order valence-corrected chi connectivity index (χ2v) is 6.64. The van der Waals surface area contributed by atoms with Crippen LogP contribution in [0.3, 0.4) is 0 Å². The maximum Gasteiger partial charge on any atom is 0.412 e. The topological polar surface area (TPSA) is 88.0 Å². The molecule has 0 unspecified atom stereocenters. The Labute approximate surface area is 163 Å². The number of ether oxygens (including phenoxy) is 2. The van der Waals surface area contributed by atoms with E-state index in [1.165, 1.54) is 0 Å². The fourth-order valence-corrected chi connectivity index (χ4v) is 2.90. The minimum absolute atomic E-state index is 0.0122. The number of aliphatic hydroxyl groups is 2. The number of carbonyl (C=O) groups is 1. The predicted molar refractivity (Wildman–Crippen MR) is 106 cm³/mol. The Balaban J connectivity index is 2.05.